The molecule has 2 aliphatic heterocycles. The molecule has 0 saturated carbocycles. The summed E-state index contributed by atoms with van der Waals surface area (Å²) in [4.78, 5) is 11.0. The van der Waals surface area contributed by atoms with Gasteiger partial charge < -0.3 is 5.11 Å². The van der Waals surface area contributed by atoms with Crippen LogP contribution in [0.25, 0.3) is 0 Å². The molecule has 0 spiro atoms. The number of nitrogens with zero attached hydrogens (tertiary/aromatic N) is 2. The molecule has 5 heteroatoms. The second-order valence-electron chi connectivity index (χ2n) is 3.48. The summed E-state index contributed by atoms with van der Waals surface area (Å²) in [5.74, 6) is 0. The van der Waals surface area contributed by atoms with Gasteiger partial charge in [-0.25, -0.2) is 4.79 Å². The fourth-order valence-electron chi connectivity index (χ4n) is 2.00. The first-order chi connectivity index (χ1) is 7.27. The number of hydrazine groups is 2. The van der Waals surface area contributed by atoms with Crippen LogP contribution in [0.1, 0.15) is 0 Å². The van der Waals surface area contributed by atoms with Crippen molar-refractivity contribution in [2.24, 2.45) is 0 Å². The van der Waals surface area contributed by atoms with E-state index in [-0.39, 0.29) is 6.04 Å². The predicted molar refractivity (Wildman–Crippen MR) is 53.1 cm³/mol. The summed E-state index contributed by atoms with van der Waals surface area (Å²) in [5.41, 5.74) is 4.82. The molecule has 0 aromatic carbocycles. The predicted octanol–water partition coefficient (Wildman–Crippen LogP) is 0.978. The highest BCUT2D eigenvalue weighted by Crippen LogP contribution is 2.31. The Balaban J connectivity index is 2.06. The summed E-state index contributed by atoms with van der Waals surface area (Å²) in [7, 11) is 0. The van der Waals surface area contributed by atoms with Crippen molar-refractivity contribution in [2.75, 3.05) is 0 Å². The molecule has 3 rings (SSSR count). The number of allylic oxidation sites excluding steroid dienone is 4. The van der Waals surface area contributed by atoms with E-state index in [9.17, 15) is 4.79 Å². The molecule has 5 nitrogen and oxygen atoms in total. The summed E-state index contributed by atoms with van der Waals surface area (Å²) in [6, 6.07) is -0.0175. The van der Waals surface area contributed by atoms with Gasteiger partial charge in [-0.15, -0.1) is 5.12 Å². The molecule has 2 heterocycles. The van der Waals surface area contributed by atoms with Crippen LogP contribution in [0.4, 0.5) is 4.79 Å². The molecule has 1 aliphatic carbocycles. The Morgan fingerprint density at radius 2 is 2.27 bits per heavy atom. The van der Waals surface area contributed by atoms with Crippen molar-refractivity contribution in [3.05, 3.63) is 47.9 Å². The van der Waals surface area contributed by atoms with Crippen LogP contribution in [-0.2, 0) is 0 Å². The minimum atomic E-state index is -1.02. The number of rotatable bonds is 0. The quantitative estimate of drug-likeness (QED) is 0.616. The maximum Gasteiger partial charge on any atom is 0.446 e. The largest absolute Gasteiger partial charge is 0.462 e. The van der Waals surface area contributed by atoms with Gasteiger partial charge in [0.1, 0.15) is 6.04 Å². The molecule has 2 N–H and O–H groups in total. The Labute approximate surface area is 86.2 Å². The van der Waals surface area contributed by atoms with Crippen LogP contribution >= 0.6 is 0 Å². The molecule has 0 aromatic rings. The van der Waals surface area contributed by atoms with E-state index in [1.165, 1.54) is 0 Å². The van der Waals surface area contributed by atoms with Gasteiger partial charge >= 0.3 is 6.09 Å². The monoisotopic (exact) mass is 203 g/mol. The van der Waals surface area contributed by atoms with E-state index in [1.807, 2.05) is 30.4 Å². The SMILES string of the molecule is O=C(O)N1NC2=CC=CC3=CC=CN1C32. The van der Waals surface area contributed by atoms with Crippen molar-refractivity contribution in [1.82, 2.24) is 15.6 Å². The first-order valence-electron chi connectivity index (χ1n) is 4.62. The molecule has 1 amide bonds. The van der Waals surface area contributed by atoms with Crippen LogP contribution in [0.5, 0.6) is 0 Å². The van der Waals surface area contributed by atoms with Gasteiger partial charge in [-0.2, -0.15) is 0 Å². The molecule has 15 heavy (non-hydrogen) atoms. The standard InChI is InChI=1S/C10H9N3O2/c14-10(15)13-11-8-5-1-3-7-4-2-6-12(13)9(7)8/h1-6,9,11H,(H,14,15). The van der Waals surface area contributed by atoms with Gasteiger partial charge in [-0.3, -0.25) is 10.4 Å². The van der Waals surface area contributed by atoms with Crippen LogP contribution in [-0.4, -0.2) is 27.4 Å². The second-order valence-corrected chi connectivity index (χ2v) is 3.48. The van der Waals surface area contributed by atoms with E-state index in [4.69, 9.17) is 5.11 Å². The highest BCUT2D eigenvalue weighted by atomic mass is 16.4. The van der Waals surface area contributed by atoms with E-state index in [0.29, 0.717) is 0 Å². The van der Waals surface area contributed by atoms with Gasteiger partial charge in [0.25, 0.3) is 0 Å². The first kappa shape index (κ1) is 8.16. The van der Waals surface area contributed by atoms with Crippen molar-refractivity contribution in [1.29, 1.82) is 0 Å². The summed E-state index contributed by atoms with van der Waals surface area (Å²) in [6.45, 7) is 0. The van der Waals surface area contributed by atoms with Crippen molar-refractivity contribution in [2.45, 2.75) is 6.04 Å². The summed E-state index contributed by atoms with van der Waals surface area (Å²) < 4.78 is 0. The van der Waals surface area contributed by atoms with Crippen molar-refractivity contribution < 1.29 is 9.90 Å². The van der Waals surface area contributed by atoms with Crippen LogP contribution in [0.3, 0.4) is 0 Å². The number of nitrogens with one attached hydrogen (secondary N) is 1. The normalized spacial score (nSPS) is 25.7. The lowest BCUT2D eigenvalue weighted by atomic mass is 9.97. The number of carboxylic acid groups (broad SMARTS) is 1. The Kier molecular flexibility index (Phi) is 1.45. The first-order valence-corrected chi connectivity index (χ1v) is 4.62. The fourth-order valence-corrected chi connectivity index (χ4v) is 2.00. The van der Waals surface area contributed by atoms with E-state index in [2.05, 4.69) is 5.43 Å². The average molecular weight is 203 g/mol. The molecule has 1 saturated heterocycles. The third-order valence-corrected chi connectivity index (χ3v) is 2.61. The van der Waals surface area contributed by atoms with Crippen LogP contribution in [0.2, 0.25) is 0 Å². The average Bonchev–Trinajstić information content (AvgIpc) is 2.61. The minimum Gasteiger partial charge on any atom is -0.462 e. The minimum absolute atomic E-state index is 0.0175. The summed E-state index contributed by atoms with van der Waals surface area (Å²) in [5, 5.41) is 11.7. The van der Waals surface area contributed by atoms with Crippen LogP contribution < -0.4 is 5.43 Å². The van der Waals surface area contributed by atoms with Crippen molar-refractivity contribution in [3.63, 3.8) is 0 Å². The fraction of sp³-hybridized carbons (Fsp3) is 0.100. The molecule has 1 atom stereocenters. The zero-order valence-electron chi connectivity index (χ0n) is 7.79. The molecular formula is C10H9N3O2. The van der Waals surface area contributed by atoms with Crippen LogP contribution in [0.15, 0.2) is 47.9 Å². The molecule has 76 valence electrons. The number of amides is 1. The second kappa shape index (κ2) is 2.66. The Bertz CT molecular complexity index is 448. The van der Waals surface area contributed by atoms with Gasteiger partial charge in [-0.05, 0) is 17.7 Å². The molecule has 0 aromatic heterocycles. The smallest absolute Gasteiger partial charge is 0.446 e. The zero-order valence-corrected chi connectivity index (χ0v) is 7.79. The van der Waals surface area contributed by atoms with E-state index < -0.39 is 6.09 Å². The summed E-state index contributed by atoms with van der Waals surface area (Å²) in [6.07, 6.45) is 10.3. The van der Waals surface area contributed by atoms with Gasteiger partial charge in [0.2, 0.25) is 0 Å². The zero-order chi connectivity index (χ0) is 10.4. The van der Waals surface area contributed by atoms with E-state index >= 15 is 0 Å². The highest BCUT2D eigenvalue weighted by Gasteiger charge is 2.39. The molecule has 3 aliphatic rings. The lowest BCUT2D eigenvalue weighted by Gasteiger charge is -2.29. The van der Waals surface area contributed by atoms with Gasteiger partial charge in [0, 0.05) is 6.20 Å². The summed E-state index contributed by atoms with van der Waals surface area (Å²) >= 11 is 0. The maximum absolute atomic E-state index is 11.0. The lowest BCUT2D eigenvalue weighted by molar-refractivity contribution is 0.0271. The maximum atomic E-state index is 11.0. The molecule has 1 unspecified atom stereocenters. The number of hydrogen-bond donors (Lipinski definition) is 2. The van der Waals surface area contributed by atoms with Gasteiger partial charge in [-0.1, -0.05) is 18.2 Å². The molecular weight excluding hydrogens is 194 g/mol. The van der Waals surface area contributed by atoms with Crippen molar-refractivity contribution in [3.8, 4) is 0 Å². The molecule has 0 radical (unpaired) electrons. The topological polar surface area (TPSA) is 55.8 Å². The Morgan fingerprint density at radius 3 is 3.07 bits per heavy atom. The third-order valence-electron chi connectivity index (χ3n) is 2.61. The third kappa shape index (κ3) is 0.999. The van der Waals surface area contributed by atoms with Gasteiger partial charge in [0.15, 0.2) is 0 Å². The molecule has 0 bridgehead atoms. The van der Waals surface area contributed by atoms with E-state index in [1.54, 1.807) is 11.2 Å². The molecule has 1 fully saturated rings. The highest BCUT2D eigenvalue weighted by molar-refractivity contribution is 5.66. The van der Waals surface area contributed by atoms with Crippen LogP contribution in [0, 0.1) is 0 Å². The Morgan fingerprint density at radius 1 is 1.40 bits per heavy atom. The number of carbonyl (C=O) groups is 1. The van der Waals surface area contributed by atoms with E-state index in [0.717, 1.165) is 16.4 Å². The van der Waals surface area contributed by atoms with Crippen molar-refractivity contribution >= 4 is 6.09 Å². The Hall–Kier alpha value is -2.17. The lowest BCUT2D eigenvalue weighted by Crippen LogP contribution is -2.45. The van der Waals surface area contributed by atoms with Gasteiger partial charge in [0.05, 0.1) is 5.70 Å². The number of hydrogen-bond acceptors (Lipinski definition) is 3.